The van der Waals surface area contributed by atoms with Gasteiger partial charge in [0.15, 0.2) is 6.61 Å². The quantitative estimate of drug-likeness (QED) is 0.782. The number of nitrogens with zero attached hydrogens (tertiary/aromatic N) is 1. The van der Waals surface area contributed by atoms with E-state index in [-0.39, 0.29) is 18.6 Å². The smallest absolute Gasteiger partial charge is 0.260 e. The number of benzene rings is 1. The third-order valence-electron chi connectivity index (χ3n) is 2.85. The molecule has 1 rings (SSSR count). The number of hydrogen-bond donors (Lipinski definition) is 1. The summed E-state index contributed by atoms with van der Waals surface area (Å²) in [5, 5.41) is 0. The van der Waals surface area contributed by atoms with Gasteiger partial charge in [-0.05, 0) is 19.9 Å². The van der Waals surface area contributed by atoms with E-state index in [1.807, 2.05) is 38.1 Å². The lowest BCUT2D eigenvalue weighted by molar-refractivity contribution is -0.132. The summed E-state index contributed by atoms with van der Waals surface area (Å²) in [4.78, 5) is 13.5. The van der Waals surface area contributed by atoms with Crippen molar-refractivity contribution in [3.63, 3.8) is 0 Å². The molecular formula is C15H24N2O3. The van der Waals surface area contributed by atoms with Gasteiger partial charge in [0.05, 0.1) is 12.7 Å². The molecule has 0 radical (unpaired) electrons. The summed E-state index contributed by atoms with van der Waals surface area (Å²) in [5.74, 6) is 0.583. The summed E-state index contributed by atoms with van der Waals surface area (Å²) < 4.78 is 10.9. The molecule has 0 atom stereocenters. The maximum Gasteiger partial charge on any atom is 0.260 e. The highest BCUT2D eigenvalue weighted by atomic mass is 16.5. The van der Waals surface area contributed by atoms with Gasteiger partial charge < -0.3 is 20.1 Å². The van der Waals surface area contributed by atoms with Crippen LogP contribution in [-0.4, -0.2) is 43.7 Å². The molecule has 0 aliphatic heterocycles. The van der Waals surface area contributed by atoms with Crippen molar-refractivity contribution in [3.05, 3.63) is 29.8 Å². The molecule has 0 aromatic heterocycles. The van der Waals surface area contributed by atoms with Crippen LogP contribution in [0.15, 0.2) is 24.3 Å². The number of ether oxygens (including phenoxy) is 2. The summed E-state index contributed by atoms with van der Waals surface area (Å²) in [6.07, 6.45) is 0.172. The Kier molecular flexibility index (Phi) is 7.04. The molecular weight excluding hydrogens is 256 g/mol. The zero-order chi connectivity index (χ0) is 15.0. The molecule has 5 heteroatoms. The summed E-state index contributed by atoms with van der Waals surface area (Å²) in [6.45, 7) is 5.42. The minimum atomic E-state index is -0.0795. The van der Waals surface area contributed by atoms with Crippen molar-refractivity contribution in [2.45, 2.75) is 26.5 Å². The Labute approximate surface area is 120 Å². The van der Waals surface area contributed by atoms with Crippen molar-refractivity contribution in [3.8, 4) is 5.75 Å². The molecule has 1 aromatic rings. The molecule has 0 spiro atoms. The van der Waals surface area contributed by atoms with E-state index in [1.54, 1.807) is 11.9 Å². The van der Waals surface area contributed by atoms with Gasteiger partial charge in [0.1, 0.15) is 5.75 Å². The van der Waals surface area contributed by atoms with Gasteiger partial charge in [-0.1, -0.05) is 18.2 Å². The van der Waals surface area contributed by atoms with Gasteiger partial charge in [-0.25, -0.2) is 0 Å². The van der Waals surface area contributed by atoms with Crippen LogP contribution in [-0.2, 0) is 16.1 Å². The lowest BCUT2D eigenvalue weighted by atomic mass is 10.2. The van der Waals surface area contributed by atoms with E-state index in [2.05, 4.69) is 0 Å². The summed E-state index contributed by atoms with van der Waals surface area (Å²) in [5.41, 5.74) is 6.51. The number of carbonyl (C=O) groups is 1. The lowest BCUT2D eigenvalue weighted by Crippen LogP contribution is -2.34. The molecule has 112 valence electrons. The van der Waals surface area contributed by atoms with Crippen molar-refractivity contribution in [1.29, 1.82) is 0 Å². The second kappa shape index (κ2) is 8.55. The maximum atomic E-state index is 11.9. The van der Waals surface area contributed by atoms with Crippen LogP contribution in [0.25, 0.3) is 0 Å². The Bertz CT molecular complexity index is 421. The third kappa shape index (κ3) is 5.59. The first-order valence-electron chi connectivity index (χ1n) is 6.81. The molecule has 20 heavy (non-hydrogen) atoms. The predicted octanol–water partition coefficient (Wildman–Crippen LogP) is 1.41. The van der Waals surface area contributed by atoms with Crippen LogP contribution in [0.4, 0.5) is 0 Å². The molecule has 0 bridgehead atoms. The van der Waals surface area contributed by atoms with Gasteiger partial charge in [-0.15, -0.1) is 0 Å². The Morgan fingerprint density at radius 2 is 2.05 bits per heavy atom. The second-order valence-corrected chi connectivity index (χ2v) is 4.84. The van der Waals surface area contributed by atoms with Gasteiger partial charge in [0, 0.05) is 25.7 Å². The van der Waals surface area contributed by atoms with Gasteiger partial charge >= 0.3 is 0 Å². The van der Waals surface area contributed by atoms with E-state index in [1.165, 1.54) is 0 Å². The predicted molar refractivity (Wildman–Crippen MR) is 78.6 cm³/mol. The van der Waals surface area contributed by atoms with Crippen LogP contribution in [0.3, 0.4) is 0 Å². The zero-order valence-electron chi connectivity index (χ0n) is 12.5. The second-order valence-electron chi connectivity index (χ2n) is 4.84. The fraction of sp³-hybridized carbons (Fsp3) is 0.533. The van der Waals surface area contributed by atoms with Crippen molar-refractivity contribution in [1.82, 2.24) is 4.90 Å². The van der Waals surface area contributed by atoms with Crippen molar-refractivity contribution in [2.75, 3.05) is 26.8 Å². The number of carbonyl (C=O) groups excluding carboxylic acids is 1. The molecule has 0 aliphatic rings. The Balaban J connectivity index is 2.38. The molecule has 5 nitrogen and oxygen atoms in total. The summed E-state index contributed by atoms with van der Waals surface area (Å²) in [6, 6.07) is 7.46. The van der Waals surface area contributed by atoms with Crippen LogP contribution in [0, 0.1) is 0 Å². The van der Waals surface area contributed by atoms with Crippen LogP contribution in [0.2, 0.25) is 0 Å². The minimum absolute atomic E-state index is 0.00912. The standard InChI is InChI=1S/C15H24N2O3/c1-12(2)19-9-8-17(3)15(18)11-20-14-7-5-4-6-13(14)10-16/h4-7,12H,8-11,16H2,1-3H3. The first-order chi connectivity index (χ1) is 9.54. The van der Waals surface area contributed by atoms with Gasteiger partial charge in [-0.3, -0.25) is 4.79 Å². The number of hydrogen-bond acceptors (Lipinski definition) is 4. The number of para-hydroxylation sites is 1. The Hall–Kier alpha value is -1.59. The largest absolute Gasteiger partial charge is 0.483 e. The first kappa shape index (κ1) is 16.5. The van der Waals surface area contributed by atoms with Gasteiger partial charge in [-0.2, -0.15) is 0 Å². The maximum absolute atomic E-state index is 11.9. The molecule has 0 unspecified atom stereocenters. The molecule has 2 N–H and O–H groups in total. The van der Waals surface area contributed by atoms with Crippen LogP contribution >= 0.6 is 0 Å². The monoisotopic (exact) mass is 280 g/mol. The van der Waals surface area contributed by atoms with Crippen molar-refractivity contribution >= 4 is 5.91 Å². The average molecular weight is 280 g/mol. The lowest BCUT2D eigenvalue weighted by Gasteiger charge is -2.18. The highest BCUT2D eigenvalue weighted by molar-refractivity contribution is 5.77. The Morgan fingerprint density at radius 3 is 2.70 bits per heavy atom. The van der Waals surface area contributed by atoms with Gasteiger partial charge in [0.2, 0.25) is 0 Å². The first-order valence-corrected chi connectivity index (χ1v) is 6.81. The molecule has 0 saturated heterocycles. The number of rotatable bonds is 8. The minimum Gasteiger partial charge on any atom is -0.483 e. The highest BCUT2D eigenvalue weighted by Gasteiger charge is 2.10. The van der Waals surface area contributed by atoms with Crippen molar-refractivity contribution < 1.29 is 14.3 Å². The molecule has 0 fully saturated rings. The van der Waals surface area contributed by atoms with Crippen LogP contribution in [0.1, 0.15) is 19.4 Å². The van der Waals surface area contributed by atoms with E-state index < -0.39 is 0 Å². The van der Waals surface area contributed by atoms with E-state index >= 15 is 0 Å². The average Bonchev–Trinajstić information content (AvgIpc) is 2.44. The van der Waals surface area contributed by atoms with E-state index in [0.29, 0.717) is 25.4 Å². The van der Waals surface area contributed by atoms with E-state index in [0.717, 1.165) is 5.56 Å². The number of nitrogens with two attached hydrogens (primary N) is 1. The molecule has 0 aliphatic carbocycles. The number of likely N-dealkylation sites (N-methyl/N-ethyl adjacent to an activating group) is 1. The van der Waals surface area contributed by atoms with Gasteiger partial charge in [0.25, 0.3) is 5.91 Å². The van der Waals surface area contributed by atoms with E-state index in [4.69, 9.17) is 15.2 Å². The third-order valence-corrected chi connectivity index (χ3v) is 2.85. The fourth-order valence-electron chi connectivity index (χ4n) is 1.61. The number of amides is 1. The Morgan fingerprint density at radius 1 is 1.35 bits per heavy atom. The van der Waals surface area contributed by atoms with E-state index in [9.17, 15) is 4.79 Å². The molecule has 1 amide bonds. The fourth-order valence-corrected chi connectivity index (χ4v) is 1.61. The van der Waals surface area contributed by atoms with Crippen LogP contribution in [0.5, 0.6) is 5.75 Å². The highest BCUT2D eigenvalue weighted by Crippen LogP contribution is 2.16. The molecule has 1 aromatic carbocycles. The molecule has 0 heterocycles. The summed E-state index contributed by atoms with van der Waals surface area (Å²) in [7, 11) is 1.74. The topological polar surface area (TPSA) is 64.8 Å². The van der Waals surface area contributed by atoms with Crippen LogP contribution < -0.4 is 10.5 Å². The molecule has 0 saturated carbocycles. The van der Waals surface area contributed by atoms with Crippen molar-refractivity contribution in [2.24, 2.45) is 5.73 Å². The zero-order valence-corrected chi connectivity index (χ0v) is 12.5. The normalized spacial score (nSPS) is 10.7. The SMILES string of the molecule is CC(C)OCCN(C)C(=O)COc1ccccc1CN. The summed E-state index contributed by atoms with van der Waals surface area (Å²) >= 11 is 0.